The van der Waals surface area contributed by atoms with Gasteiger partial charge in [0.05, 0.1) is 36.6 Å². The fraction of sp³-hybridized carbons (Fsp3) is 0.0870. The third kappa shape index (κ3) is 5.78. The molecule has 0 aliphatic carbocycles. The highest BCUT2D eigenvalue weighted by Gasteiger charge is 2.13. The molecule has 0 aliphatic heterocycles. The summed E-state index contributed by atoms with van der Waals surface area (Å²) in [7, 11) is 3.00. The molecule has 0 aliphatic rings. The van der Waals surface area contributed by atoms with Crippen molar-refractivity contribution in [3.05, 3.63) is 87.4 Å². The molecule has 1 N–H and O–H groups in total. The zero-order chi connectivity index (χ0) is 23.1. The molecule has 7 nitrogen and oxygen atoms in total. The van der Waals surface area contributed by atoms with Crippen molar-refractivity contribution in [1.29, 1.82) is 0 Å². The second kappa shape index (κ2) is 10.7. The minimum Gasteiger partial charge on any atom is -0.493 e. The number of nitrogens with zero attached hydrogens (tertiary/aromatic N) is 1. The van der Waals surface area contributed by atoms with Crippen LogP contribution < -0.4 is 19.6 Å². The van der Waals surface area contributed by atoms with Crippen LogP contribution in [0, 0.1) is 0 Å². The Kier molecular flexibility index (Phi) is 7.70. The van der Waals surface area contributed by atoms with E-state index >= 15 is 0 Å². The van der Waals surface area contributed by atoms with Crippen LogP contribution in [0.4, 0.5) is 0 Å². The zero-order valence-electron chi connectivity index (χ0n) is 17.1. The van der Waals surface area contributed by atoms with Crippen LogP contribution >= 0.6 is 23.2 Å². The molecule has 0 spiro atoms. The van der Waals surface area contributed by atoms with Crippen LogP contribution in [0.25, 0.3) is 0 Å². The van der Waals surface area contributed by atoms with Gasteiger partial charge < -0.3 is 14.2 Å². The third-order valence-corrected chi connectivity index (χ3v) is 4.81. The number of hydrogen-bond acceptors (Lipinski definition) is 6. The van der Waals surface area contributed by atoms with Crippen LogP contribution in [0.15, 0.2) is 65.8 Å². The van der Waals surface area contributed by atoms with Gasteiger partial charge in [0.2, 0.25) is 0 Å². The summed E-state index contributed by atoms with van der Waals surface area (Å²) >= 11 is 11.8. The molecule has 0 bridgehead atoms. The van der Waals surface area contributed by atoms with Crippen molar-refractivity contribution in [1.82, 2.24) is 5.43 Å². The molecule has 164 valence electrons. The standard InChI is InChI=1S/C23H18Cl2N2O5/c1-30-20-10-5-15(11-21(20)31-2)23(29)32-17-7-3-14(4-8-17)13-26-27-22(28)18-9-6-16(24)12-19(18)25/h3-13H,1-2H3,(H,27,28). The molecule has 3 rings (SSSR count). The van der Waals surface area contributed by atoms with Crippen molar-refractivity contribution < 1.29 is 23.8 Å². The van der Waals surface area contributed by atoms with Crippen molar-refractivity contribution in [2.24, 2.45) is 5.10 Å². The topological polar surface area (TPSA) is 86.2 Å². The number of amides is 1. The predicted molar refractivity (Wildman–Crippen MR) is 122 cm³/mol. The van der Waals surface area contributed by atoms with Gasteiger partial charge >= 0.3 is 5.97 Å². The number of methoxy groups -OCH3 is 2. The van der Waals surface area contributed by atoms with Gasteiger partial charge in [0.25, 0.3) is 5.91 Å². The van der Waals surface area contributed by atoms with E-state index in [9.17, 15) is 9.59 Å². The summed E-state index contributed by atoms with van der Waals surface area (Å²) in [5.41, 5.74) is 3.64. The molecule has 3 aromatic carbocycles. The lowest BCUT2D eigenvalue weighted by atomic mass is 10.2. The number of hydrogen-bond donors (Lipinski definition) is 1. The van der Waals surface area contributed by atoms with E-state index in [1.165, 1.54) is 38.6 Å². The molecular formula is C23H18Cl2N2O5. The highest BCUT2D eigenvalue weighted by Crippen LogP contribution is 2.28. The predicted octanol–water partition coefficient (Wildman–Crippen LogP) is 4.99. The first-order valence-corrected chi connectivity index (χ1v) is 9.99. The number of hydrazone groups is 1. The summed E-state index contributed by atoms with van der Waals surface area (Å²) in [6.45, 7) is 0. The Hall–Kier alpha value is -3.55. The lowest BCUT2D eigenvalue weighted by Crippen LogP contribution is -2.18. The number of carbonyl (C=O) groups is 2. The van der Waals surface area contributed by atoms with Gasteiger partial charge in [-0.1, -0.05) is 23.2 Å². The minimum atomic E-state index is -0.542. The maximum absolute atomic E-state index is 12.4. The van der Waals surface area contributed by atoms with E-state index in [2.05, 4.69) is 10.5 Å². The largest absolute Gasteiger partial charge is 0.493 e. The summed E-state index contributed by atoms with van der Waals surface area (Å²) in [6.07, 6.45) is 1.45. The van der Waals surface area contributed by atoms with Crippen molar-refractivity contribution in [2.75, 3.05) is 14.2 Å². The first-order chi connectivity index (χ1) is 15.4. The fourth-order valence-corrected chi connectivity index (χ4v) is 3.14. The molecule has 1 amide bonds. The van der Waals surface area contributed by atoms with E-state index in [0.717, 1.165) is 0 Å². The monoisotopic (exact) mass is 472 g/mol. The molecule has 0 fully saturated rings. The summed E-state index contributed by atoms with van der Waals surface area (Å²) < 4.78 is 15.7. The summed E-state index contributed by atoms with van der Waals surface area (Å²) in [4.78, 5) is 24.5. The van der Waals surface area contributed by atoms with E-state index in [0.29, 0.717) is 33.4 Å². The van der Waals surface area contributed by atoms with Gasteiger partial charge in [-0.3, -0.25) is 4.79 Å². The molecule has 0 heterocycles. The van der Waals surface area contributed by atoms with Gasteiger partial charge in [-0.25, -0.2) is 10.2 Å². The Balaban J connectivity index is 1.60. The lowest BCUT2D eigenvalue weighted by molar-refractivity contribution is 0.0734. The Morgan fingerprint density at radius 3 is 2.28 bits per heavy atom. The van der Waals surface area contributed by atoms with Crippen molar-refractivity contribution >= 4 is 41.3 Å². The third-order valence-electron chi connectivity index (χ3n) is 4.27. The van der Waals surface area contributed by atoms with Gasteiger partial charge in [-0.15, -0.1) is 0 Å². The molecule has 0 radical (unpaired) electrons. The van der Waals surface area contributed by atoms with Gasteiger partial charge in [-0.05, 0) is 66.2 Å². The molecule has 0 aromatic heterocycles. The van der Waals surface area contributed by atoms with E-state index in [-0.39, 0.29) is 10.6 Å². The van der Waals surface area contributed by atoms with E-state index in [1.807, 2.05) is 0 Å². The number of benzene rings is 3. The normalized spacial score (nSPS) is 10.6. The first kappa shape index (κ1) is 23.1. The van der Waals surface area contributed by atoms with Crippen molar-refractivity contribution in [3.63, 3.8) is 0 Å². The second-order valence-corrected chi connectivity index (χ2v) is 7.20. The van der Waals surface area contributed by atoms with Crippen LogP contribution in [0.1, 0.15) is 26.3 Å². The van der Waals surface area contributed by atoms with Gasteiger partial charge in [0.15, 0.2) is 11.5 Å². The first-order valence-electron chi connectivity index (χ1n) is 9.24. The number of nitrogens with one attached hydrogen (secondary N) is 1. The smallest absolute Gasteiger partial charge is 0.343 e. The molecular weight excluding hydrogens is 455 g/mol. The summed E-state index contributed by atoms with van der Waals surface area (Å²) in [5.74, 6) is 0.273. The quantitative estimate of drug-likeness (QED) is 0.226. The van der Waals surface area contributed by atoms with Crippen LogP contribution in [-0.4, -0.2) is 32.3 Å². The van der Waals surface area contributed by atoms with E-state index in [4.69, 9.17) is 37.4 Å². The van der Waals surface area contributed by atoms with Crippen LogP contribution in [0.3, 0.4) is 0 Å². The number of ether oxygens (including phenoxy) is 3. The minimum absolute atomic E-state index is 0.228. The number of rotatable bonds is 7. The average Bonchev–Trinajstić information content (AvgIpc) is 2.79. The van der Waals surface area contributed by atoms with Gasteiger partial charge in [-0.2, -0.15) is 5.10 Å². The van der Waals surface area contributed by atoms with E-state index in [1.54, 1.807) is 42.5 Å². The maximum atomic E-state index is 12.4. The Labute approximate surface area is 194 Å². The van der Waals surface area contributed by atoms with E-state index < -0.39 is 11.9 Å². The summed E-state index contributed by atoms with van der Waals surface area (Å²) in [6, 6.07) is 15.9. The highest BCUT2D eigenvalue weighted by atomic mass is 35.5. The van der Waals surface area contributed by atoms with Crippen molar-refractivity contribution in [3.8, 4) is 17.2 Å². The maximum Gasteiger partial charge on any atom is 0.343 e. The molecule has 0 atom stereocenters. The second-order valence-electron chi connectivity index (χ2n) is 6.35. The fourth-order valence-electron chi connectivity index (χ4n) is 2.65. The highest BCUT2D eigenvalue weighted by molar-refractivity contribution is 6.36. The molecule has 3 aromatic rings. The van der Waals surface area contributed by atoms with Gasteiger partial charge in [0, 0.05) is 5.02 Å². The van der Waals surface area contributed by atoms with Crippen LogP contribution in [0.2, 0.25) is 10.0 Å². The zero-order valence-corrected chi connectivity index (χ0v) is 18.6. The van der Waals surface area contributed by atoms with Gasteiger partial charge in [0.1, 0.15) is 5.75 Å². The summed E-state index contributed by atoms with van der Waals surface area (Å²) in [5, 5.41) is 4.57. The average molecular weight is 473 g/mol. The molecule has 9 heteroatoms. The number of carbonyl (C=O) groups excluding carboxylic acids is 2. The molecule has 0 saturated carbocycles. The van der Waals surface area contributed by atoms with Crippen LogP contribution in [-0.2, 0) is 0 Å². The Morgan fingerprint density at radius 1 is 0.906 bits per heavy atom. The molecule has 0 saturated heterocycles. The molecule has 32 heavy (non-hydrogen) atoms. The lowest BCUT2D eigenvalue weighted by Gasteiger charge is -2.09. The number of halogens is 2. The number of esters is 1. The SMILES string of the molecule is COc1ccc(C(=O)Oc2ccc(C=NNC(=O)c3ccc(Cl)cc3Cl)cc2)cc1OC. The van der Waals surface area contributed by atoms with Crippen LogP contribution in [0.5, 0.6) is 17.2 Å². The Morgan fingerprint density at radius 2 is 1.62 bits per heavy atom. The molecule has 0 unspecified atom stereocenters. The van der Waals surface area contributed by atoms with Crippen molar-refractivity contribution in [2.45, 2.75) is 0 Å². The Bertz CT molecular complexity index is 1160.